The van der Waals surface area contributed by atoms with E-state index in [1.165, 1.54) is 23.0 Å². The van der Waals surface area contributed by atoms with Gasteiger partial charge < -0.3 is 20.1 Å². The van der Waals surface area contributed by atoms with Crippen LogP contribution in [0.15, 0.2) is 29.2 Å². The minimum atomic E-state index is -4.58. The van der Waals surface area contributed by atoms with E-state index in [0.29, 0.717) is 11.3 Å². The van der Waals surface area contributed by atoms with Crippen molar-refractivity contribution in [3.63, 3.8) is 0 Å². The van der Waals surface area contributed by atoms with Gasteiger partial charge in [0.05, 0.1) is 30.7 Å². The standard InChI is InChI=1S/C25H25F6N7O3/c26-23(5-6-23)20-15(12-41-36-20)21(39)35-19(14-1-3-24(27,28)4-2-14)16-10-38-18(33-16)7-13(8-32-38)9-37-11-17(25(29,30)31)34-22(37)40/h7-8,10,12,14,17,19H,1-6,9,11H2,(H,34,40)(H,35,39)/t17-,19?/m0/s1. The van der Waals surface area contributed by atoms with Gasteiger partial charge in [0.2, 0.25) is 5.92 Å². The highest BCUT2D eigenvalue weighted by Gasteiger charge is 2.50. The molecule has 3 aromatic heterocycles. The number of carbonyl (C=O) groups is 2. The van der Waals surface area contributed by atoms with E-state index in [-0.39, 0.29) is 62.0 Å². The van der Waals surface area contributed by atoms with Crippen molar-refractivity contribution in [2.45, 2.75) is 74.9 Å². The highest BCUT2D eigenvalue weighted by Crippen LogP contribution is 2.50. The Morgan fingerprint density at radius 1 is 1.20 bits per heavy atom. The summed E-state index contributed by atoms with van der Waals surface area (Å²) in [6.07, 6.45) is -0.779. The number of imidazole rings is 1. The normalized spacial score (nSPS) is 23.0. The molecule has 10 nitrogen and oxygen atoms in total. The Hall–Kier alpha value is -3.85. The summed E-state index contributed by atoms with van der Waals surface area (Å²) < 4.78 is 87.9. The molecule has 2 aliphatic carbocycles. The van der Waals surface area contributed by atoms with Crippen molar-refractivity contribution in [1.82, 2.24) is 35.3 Å². The fraction of sp³-hybridized carbons (Fsp3) is 0.560. The Labute approximate surface area is 228 Å². The molecule has 1 unspecified atom stereocenters. The van der Waals surface area contributed by atoms with Crippen molar-refractivity contribution < 1.29 is 40.5 Å². The highest BCUT2D eigenvalue weighted by atomic mass is 19.4. The lowest BCUT2D eigenvalue weighted by Crippen LogP contribution is -2.40. The quantitative estimate of drug-likeness (QED) is 0.397. The van der Waals surface area contributed by atoms with Crippen LogP contribution in [-0.2, 0) is 12.2 Å². The largest absolute Gasteiger partial charge is 0.410 e. The summed E-state index contributed by atoms with van der Waals surface area (Å²) in [7, 11) is 0. The summed E-state index contributed by atoms with van der Waals surface area (Å²) >= 11 is 0. The molecular formula is C25H25F6N7O3. The minimum Gasteiger partial charge on any atom is -0.364 e. The van der Waals surface area contributed by atoms with Gasteiger partial charge in [0.25, 0.3) is 5.91 Å². The van der Waals surface area contributed by atoms with Gasteiger partial charge in [-0.1, -0.05) is 5.16 Å². The van der Waals surface area contributed by atoms with Crippen LogP contribution in [0.2, 0.25) is 0 Å². The zero-order chi connectivity index (χ0) is 29.2. The summed E-state index contributed by atoms with van der Waals surface area (Å²) in [6, 6.07) is -2.13. The number of nitrogens with zero attached hydrogens (tertiary/aromatic N) is 5. The van der Waals surface area contributed by atoms with Crippen LogP contribution < -0.4 is 10.6 Å². The predicted molar refractivity (Wildman–Crippen MR) is 127 cm³/mol. The van der Waals surface area contributed by atoms with Crippen molar-refractivity contribution >= 4 is 17.6 Å². The van der Waals surface area contributed by atoms with Gasteiger partial charge in [-0.2, -0.15) is 18.3 Å². The summed E-state index contributed by atoms with van der Waals surface area (Å²) in [5, 5.41) is 12.6. The van der Waals surface area contributed by atoms with Gasteiger partial charge in [0.1, 0.15) is 23.6 Å². The lowest BCUT2D eigenvalue weighted by atomic mass is 9.81. The molecule has 1 saturated heterocycles. The second-order valence-electron chi connectivity index (χ2n) is 10.9. The van der Waals surface area contributed by atoms with Gasteiger partial charge in [0, 0.05) is 19.4 Å². The van der Waals surface area contributed by atoms with Crippen LogP contribution in [0.5, 0.6) is 0 Å². The number of alkyl halides is 6. The molecule has 0 radical (unpaired) electrons. The highest BCUT2D eigenvalue weighted by molar-refractivity contribution is 5.95. The Balaban J connectivity index is 1.25. The number of hydrogen-bond acceptors (Lipinski definition) is 6. The molecule has 3 aliphatic rings. The molecule has 220 valence electrons. The number of hydrogen-bond donors (Lipinski definition) is 2. The number of carbonyl (C=O) groups excluding carboxylic acids is 2. The monoisotopic (exact) mass is 585 g/mol. The van der Waals surface area contributed by atoms with E-state index in [2.05, 4.69) is 20.6 Å². The summed E-state index contributed by atoms with van der Waals surface area (Å²) in [5.41, 5.74) is -0.926. The van der Waals surface area contributed by atoms with Gasteiger partial charge in [-0.3, -0.25) is 4.79 Å². The first-order chi connectivity index (χ1) is 19.3. The second kappa shape index (κ2) is 9.62. The SMILES string of the molecule is O=C(NC(c1cn2ncc(CN3C[C@@H](C(F)(F)F)NC3=O)cc2n1)C1CCC(F)(F)CC1)c1conc1C1(F)CC1. The molecule has 0 bridgehead atoms. The Kier molecular flexibility index (Phi) is 6.41. The number of fused-ring (bicyclic) bond motifs is 1. The molecule has 3 amide bonds. The van der Waals surface area contributed by atoms with E-state index in [9.17, 15) is 35.9 Å². The van der Waals surface area contributed by atoms with Crippen molar-refractivity contribution in [1.29, 1.82) is 0 Å². The summed E-state index contributed by atoms with van der Waals surface area (Å²) in [4.78, 5) is 30.8. The van der Waals surface area contributed by atoms with E-state index < -0.39 is 54.3 Å². The fourth-order valence-corrected chi connectivity index (χ4v) is 5.42. The van der Waals surface area contributed by atoms with Crippen LogP contribution >= 0.6 is 0 Å². The van der Waals surface area contributed by atoms with Crippen LogP contribution in [0.4, 0.5) is 31.1 Å². The van der Waals surface area contributed by atoms with Crippen molar-refractivity contribution in [3.05, 3.63) is 47.2 Å². The van der Waals surface area contributed by atoms with E-state index in [1.807, 2.05) is 5.32 Å². The van der Waals surface area contributed by atoms with E-state index in [1.54, 1.807) is 0 Å². The first-order valence-electron chi connectivity index (χ1n) is 13.1. The third-order valence-corrected chi connectivity index (χ3v) is 7.92. The molecule has 4 heterocycles. The molecule has 2 saturated carbocycles. The van der Waals surface area contributed by atoms with E-state index in [0.717, 1.165) is 11.2 Å². The molecule has 1 aliphatic heterocycles. The van der Waals surface area contributed by atoms with Crippen LogP contribution in [0.1, 0.15) is 71.9 Å². The average molecular weight is 586 g/mol. The number of amides is 3. The van der Waals surface area contributed by atoms with Crippen LogP contribution in [0.3, 0.4) is 0 Å². The van der Waals surface area contributed by atoms with E-state index in [4.69, 9.17) is 4.52 Å². The molecule has 2 atom stereocenters. The van der Waals surface area contributed by atoms with Crippen LogP contribution in [0, 0.1) is 5.92 Å². The van der Waals surface area contributed by atoms with Crippen molar-refractivity contribution in [2.75, 3.05) is 6.54 Å². The topological polar surface area (TPSA) is 118 Å². The summed E-state index contributed by atoms with van der Waals surface area (Å²) in [6.45, 7) is -0.706. The zero-order valence-electron chi connectivity index (χ0n) is 21.4. The molecule has 16 heteroatoms. The zero-order valence-corrected chi connectivity index (χ0v) is 21.4. The minimum absolute atomic E-state index is 0.0821. The first-order valence-corrected chi connectivity index (χ1v) is 13.1. The van der Waals surface area contributed by atoms with Gasteiger partial charge >= 0.3 is 12.2 Å². The maximum absolute atomic E-state index is 14.7. The number of aromatic nitrogens is 4. The predicted octanol–water partition coefficient (Wildman–Crippen LogP) is 4.43. The average Bonchev–Trinajstić information content (AvgIpc) is 3.28. The number of rotatable bonds is 7. The van der Waals surface area contributed by atoms with E-state index >= 15 is 0 Å². The number of halogens is 6. The maximum atomic E-state index is 14.7. The lowest BCUT2D eigenvalue weighted by Gasteiger charge is -2.33. The fourth-order valence-electron chi connectivity index (χ4n) is 5.42. The molecule has 0 spiro atoms. The van der Waals surface area contributed by atoms with Gasteiger partial charge in [-0.25, -0.2) is 27.5 Å². The second-order valence-corrected chi connectivity index (χ2v) is 10.9. The molecule has 2 N–H and O–H groups in total. The Morgan fingerprint density at radius 3 is 2.59 bits per heavy atom. The smallest absolute Gasteiger partial charge is 0.364 e. The van der Waals surface area contributed by atoms with Crippen LogP contribution in [-0.4, -0.2) is 61.3 Å². The number of nitrogens with one attached hydrogen (secondary N) is 2. The van der Waals surface area contributed by atoms with Crippen LogP contribution in [0.25, 0.3) is 5.65 Å². The van der Waals surface area contributed by atoms with Crippen molar-refractivity contribution in [2.24, 2.45) is 5.92 Å². The molecule has 0 aromatic carbocycles. The van der Waals surface area contributed by atoms with Gasteiger partial charge in [0.15, 0.2) is 11.3 Å². The summed E-state index contributed by atoms with van der Waals surface area (Å²) in [5.74, 6) is -3.92. The third kappa shape index (κ3) is 5.43. The Morgan fingerprint density at radius 2 is 1.93 bits per heavy atom. The van der Waals surface area contributed by atoms with Crippen molar-refractivity contribution in [3.8, 4) is 0 Å². The first kappa shape index (κ1) is 27.3. The maximum Gasteiger partial charge on any atom is 0.410 e. The lowest BCUT2D eigenvalue weighted by molar-refractivity contribution is -0.149. The molecular weight excluding hydrogens is 560 g/mol. The molecule has 3 aromatic rings. The molecule has 3 fully saturated rings. The van der Waals surface area contributed by atoms with Gasteiger partial charge in [-0.05, 0) is 43.2 Å². The molecule has 6 rings (SSSR count). The Bertz CT molecular complexity index is 1470. The van der Waals surface area contributed by atoms with Gasteiger partial charge in [-0.15, -0.1) is 0 Å². The third-order valence-electron chi connectivity index (χ3n) is 7.92. The molecule has 41 heavy (non-hydrogen) atoms. The number of urea groups is 1.